The quantitative estimate of drug-likeness (QED) is 0.408. The van der Waals surface area contributed by atoms with Crippen LogP contribution in [0.1, 0.15) is 11.3 Å². The highest BCUT2D eigenvalue weighted by molar-refractivity contribution is 6.12. The molecule has 5 rings (SSSR count). The number of para-hydroxylation sites is 1. The first-order chi connectivity index (χ1) is 11.9. The topological polar surface area (TPSA) is 17.3 Å². The zero-order chi connectivity index (χ0) is 15.9. The molecule has 0 radical (unpaired) electrons. The fourth-order valence-corrected chi connectivity index (χ4v) is 3.61. The van der Waals surface area contributed by atoms with E-state index in [0.717, 1.165) is 12.1 Å². The third-order valence-electron chi connectivity index (χ3n) is 4.69. The number of pyridine rings is 1. The Morgan fingerprint density at radius 1 is 0.667 bits per heavy atom. The van der Waals surface area contributed by atoms with Gasteiger partial charge in [-0.05, 0) is 17.0 Å². The van der Waals surface area contributed by atoms with Crippen molar-refractivity contribution in [2.75, 3.05) is 0 Å². The zero-order valence-electron chi connectivity index (χ0n) is 13.2. The first-order valence-corrected chi connectivity index (χ1v) is 8.21. The molecule has 0 bridgehead atoms. The fourth-order valence-electron chi connectivity index (χ4n) is 3.61. The second-order valence-electron chi connectivity index (χ2n) is 6.13. The summed E-state index contributed by atoms with van der Waals surface area (Å²) in [6.45, 7) is 0. The molecular formula is C22H16N2. The highest BCUT2D eigenvalue weighted by Gasteiger charge is 2.13. The summed E-state index contributed by atoms with van der Waals surface area (Å²) in [6, 6.07) is 27.7. The third-order valence-corrected chi connectivity index (χ3v) is 4.69. The summed E-state index contributed by atoms with van der Waals surface area (Å²) in [5.74, 6) is 0. The van der Waals surface area contributed by atoms with E-state index in [4.69, 9.17) is 4.98 Å². The summed E-state index contributed by atoms with van der Waals surface area (Å²) in [5, 5.41) is 3.82. The lowest BCUT2D eigenvalue weighted by Crippen LogP contribution is -1.93. The number of hydrogen-bond acceptors (Lipinski definition) is 1. The number of fused-ring (bicyclic) bond motifs is 6. The molecule has 114 valence electrons. The van der Waals surface area contributed by atoms with Gasteiger partial charge in [-0.1, -0.05) is 72.8 Å². The Balaban J connectivity index is 1.88. The molecule has 0 aliphatic rings. The van der Waals surface area contributed by atoms with E-state index in [1.165, 1.54) is 32.8 Å². The van der Waals surface area contributed by atoms with Crippen LogP contribution in [0.15, 0.2) is 85.2 Å². The molecule has 3 aromatic carbocycles. The van der Waals surface area contributed by atoms with Crippen LogP contribution in [0.2, 0.25) is 0 Å². The standard InChI is InChI=1S/C22H16N2/c1-2-8-16(9-3-1)14-20-22-19-12-5-4-10-17(19)18-11-6-7-13-21(18)24(22)15-23-20/h1-13,15H,14H2. The maximum Gasteiger partial charge on any atom is 0.100 e. The van der Waals surface area contributed by atoms with Gasteiger partial charge in [0, 0.05) is 17.2 Å². The molecule has 0 unspecified atom stereocenters. The summed E-state index contributed by atoms with van der Waals surface area (Å²) in [6.07, 6.45) is 2.81. The van der Waals surface area contributed by atoms with Gasteiger partial charge in [-0.15, -0.1) is 0 Å². The third kappa shape index (κ3) is 1.93. The number of rotatable bonds is 2. The van der Waals surface area contributed by atoms with Crippen LogP contribution in [0.5, 0.6) is 0 Å². The van der Waals surface area contributed by atoms with E-state index >= 15 is 0 Å². The molecule has 2 nitrogen and oxygen atoms in total. The van der Waals surface area contributed by atoms with Gasteiger partial charge in [-0.2, -0.15) is 0 Å². The van der Waals surface area contributed by atoms with Crippen molar-refractivity contribution < 1.29 is 0 Å². The van der Waals surface area contributed by atoms with Crippen molar-refractivity contribution in [3.8, 4) is 0 Å². The number of nitrogens with zero attached hydrogens (tertiary/aromatic N) is 2. The van der Waals surface area contributed by atoms with Gasteiger partial charge >= 0.3 is 0 Å². The molecule has 5 aromatic rings. The second kappa shape index (κ2) is 5.20. The lowest BCUT2D eigenvalue weighted by Gasteiger charge is -2.09. The van der Waals surface area contributed by atoms with Gasteiger partial charge in [0.1, 0.15) is 6.33 Å². The molecule has 2 aromatic heterocycles. The van der Waals surface area contributed by atoms with Crippen LogP contribution in [-0.4, -0.2) is 9.38 Å². The van der Waals surface area contributed by atoms with E-state index < -0.39 is 0 Å². The molecular weight excluding hydrogens is 292 g/mol. The van der Waals surface area contributed by atoms with Crippen LogP contribution >= 0.6 is 0 Å². The monoisotopic (exact) mass is 308 g/mol. The van der Waals surface area contributed by atoms with Crippen molar-refractivity contribution in [1.82, 2.24) is 9.38 Å². The van der Waals surface area contributed by atoms with E-state index in [9.17, 15) is 0 Å². The fraction of sp³-hybridized carbons (Fsp3) is 0.0455. The Bertz CT molecular complexity index is 1170. The molecule has 0 amide bonds. The minimum Gasteiger partial charge on any atom is -0.298 e. The van der Waals surface area contributed by atoms with Crippen molar-refractivity contribution in [3.05, 3.63) is 96.4 Å². The van der Waals surface area contributed by atoms with Crippen LogP contribution in [0, 0.1) is 0 Å². The van der Waals surface area contributed by atoms with E-state index in [1.54, 1.807) is 0 Å². The van der Waals surface area contributed by atoms with Crippen LogP contribution < -0.4 is 0 Å². The van der Waals surface area contributed by atoms with Gasteiger partial charge in [-0.25, -0.2) is 4.98 Å². The summed E-state index contributed by atoms with van der Waals surface area (Å²) in [4.78, 5) is 4.75. The molecule has 2 heteroatoms. The molecule has 0 atom stereocenters. The number of imidazole rings is 1. The van der Waals surface area contributed by atoms with Gasteiger partial charge in [0.15, 0.2) is 0 Å². The molecule has 0 aliphatic carbocycles. The Hall–Kier alpha value is -3.13. The van der Waals surface area contributed by atoms with Crippen molar-refractivity contribution in [2.45, 2.75) is 6.42 Å². The molecule has 0 saturated carbocycles. The molecule has 0 saturated heterocycles. The Morgan fingerprint density at radius 2 is 1.33 bits per heavy atom. The predicted molar refractivity (Wildman–Crippen MR) is 99.5 cm³/mol. The van der Waals surface area contributed by atoms with Gasteiger partial charge < -0.3 is 0 Å². The molecule has 24 heavy (non-hydrogen) atoms. The van der Waals surface area contributed by atoms with Gasteiger partial charge in [-0.3, -0.25) is 4.40 Å². The molecule has 0 spiro atoms. The smallest absolute Gasteiger partial charge is 0.100 e. The number of hydrogen-bond donors (Lipinski definition) is 0. The minimum atomic E-state index is 0.847. The van der Waals surface area contributed by atoms with Gasteiger partial charge in [0.25, 0.3) is 0 Å². The maximum atomic E-state index is 4.75. The van der Waals surface area contributed by atoms with Crippen LogP contribution in [0.25, 0.3) is 27.2 Å². The summed E-state index contributed by atoms with van der Waals surface area (Å²) >= 11 is 0. The minimum absolute atomic E-state index is 0.847. The normalized spacial score (nSPS) is 11.5. The predicted octanol–water partition coefficient (Wildman–Crippen LogP) is 5.23. The SMILES string of the molecule is c1ccc(Cc2ncn3c4ccccc4c4ccccc4c23)cc1. The number of benzene rings is 3. The molecule has 0 fully saturated rings. The van der Waals surface area contributed by atoms with Crippen molar-refractivity contribution in [3.63, 3.8) is 0 Å². The average molecular weight is 308 g/mol. The lowest BCUT2D eigenvalue weighted by atomic mass is 10.0. The Labute approximate surface area is 140 Å². The van der Waals surface area contributed by atoms with E-state index in [-0.39, 0.29) is 0 Å². The molecule has 2 heterocycles. The summed E-state index contributed by atoms with van der Waals surface area (Å²) in [5.41, 5.74) is 4.84. The van der Waals surface area contributed by atoms with Crippen molar-refractivity contribution >= 4 is 27.2 Å². The summed E-state index contributed by atoms with van der Waals surface area (Å²) in [7, 11) is 0. The largest absolute Gasteiger partial charge is 0.298 e. The van der Waals surface area contributed by atoms with Crippen LogP contribution in [-0.2, 0) is 6.42 Å². The van der Waals surface area contributed by atoms with Gasteiger partial charge in [0.05, 0.1) is 16.7 Å². The maximum absolute atomic E-state index is 4.75. The van der Waals surface area contributed by atoms with E-state index in [2.05, 4.69) is 83.3 Å². The van der Waals surface area contributed by atoms with Gasteiger partial charge in [0.2, 0.25) is 0 Å². The summed E-state index contributed by atoms with van der Waals surface area (Å²) < 4.78 is 2.23. The molecule has 0 aliphatic heterocycles. The first kappa shape index (κ1) is 13.3. The Morgan fingerprint density at radius 3 is 2.17 bits per heavy atom. The van der Waals surface area contributed by atoms with E-state index in [1.807, 2.05) is 6.33 Å². The van der Waals surface area contributed by atoms with Crippen molar-refractivity contribution in [1.29, 1.82) is 0 Å². The van der Waals surface area contributed by atoms with E-state index in [0.29, 0.717) is 0 Å². The highest BCUT2D eigenvalue weighted by atomic mass is 15.0. The van der Waals surface area contributed by atoms with Crippen LogP contribution in [0.3, 0.4) is 0 Å². The van der Waals surface area contributed by atoms with Crippen molar-refractivity contribution in [2.24, 2.45) is 0 Å². The first-order valence-electron chi connectivity index (χ1n) is 8.21. The highest BCUT2D eigenvalue weighted by Crippen LogP contribution is 2.31. The Kier molecular flexibility index (Phi) is 2.89. The second-order valence-corrected chi connectivity index (χ2v) is 6.13. The zero-order valence-corrected chi connectivity index (χ0v) is 13.2. The molecule has 0 N–H and O–H groups in total. The van der Waals surface area contributed by atoms with Crippen LogP contribution in [0.4, 0.5) is 0 Å². The average Bonchev–Trinajstić information content (AvgIpc) is 3.07. The lowest BCUT2D eigenvalue weighted by molar-refractivity contribution is 1.12. The number of aromatic nitrogens is 2.